The summed E-state index contributed by atoms with van der Waals surface area (Å²) in [5, 5.41) is 2.90. The Kier molecular flexibility index (Phi) is 4.67. The molecule has 1 aromatic rings. The van der Waals surface area contributed by atoms with Gasteiger partial charge < -0.3 is 11.1 Å². The predicted octanol–water partition coefficient (Wildman–Crippen LogP) is 1.17. The molecule has 0 radical (unpaired) electrons. The van der Waals surface area contributed by atoms with Crippen molar-refractivity contribution in [3.05, 3.63) is 35.1 Å². The molecular formula is C14H18FN3OS. The van der Waals surface area contributed by atoms with Crippen LogP contribution in [-0.4, -0.2) is 34.9 Å². The molecule has 0 saturated carbocycles. The lowest BCUT2D eigenvalue weighted by Gasteiger charge is -2.17. The summed E-state index contributed by atoms with van der Waals surface area (Å²) in [5.41, 5.74) is 6.93. The molecule has 0 spiro atoms. The van der Waals surface area contributed by atoms with E-state index in [0.717, 1.165) is 25.1 Å². The number of halogens is 1. The van der Waals surface area contributed by atoms with E-state index in [1.165, 1.54) is 19.1 Å². The zero-order chi connectivity index (χ0) is 14.7. The van der Waals surface area contributed by atoms with Crippen LogP contribution in [0.4, 0.5) is 4.39 Å². The van der Waals surface area contributed by atoms with Gasteiger partial charge in [-0.25, -0.2) is 4.39 Å². The van der Waals surface area contributed by atoms with Crippen molar-refractivity contribution in [2.75, 3.05) is 13.1 Å². The summed E-state index contributed by atoms with van der Waals surface area (Å²) in [4.78, 5) is 13.4. The summed E-state index contributed by atoms with van der Waals surface area (Å²) in [7, 11) is 0. The highest BCUT2D eigenvalue weighted by molar-refractivity contribution is 7.80. The summed E-state index contributed by atoms with van der Waals surface area (Å²) in [6, 6.07) is 4.83. The maximum atomic E-state index is 13.5. The van der Waals surface area contributed by atoms with Crippen LogP contribution in [0.2, 0.25) is 0 Å². The second kappa shape index (κ2) is 6.28. The SMILES string of the molecule is CC(=O)NC1CCN(Cc2cc(F)cc(C(N)=S)c2)C1. The van der Waals surface area contributed by atoms with Crippen molar-refractivity contribution in [2.24, 2.45) is 5.73 Å². The molecule has 1 aliphatic heterocycles. The van der Waals surface area contributed by atoms with Gasteiger partial charge in [0.25, 0.3) is 0 Å². The van der Waals surface area contributed by atoms with E-state index >= 15 is 0 Å². The van der Waals surface area contributed by atoms with Crippen LogP contribution in [0.5, 0.6) is 0 Å². The molecule has 0 aliphatic carbocycles. The molecule has 6 heteroatoms. The molecule has 1 heterocycles. The molecule has 1 atom stereocenters. The lowest BCUT2D eigenvalue weighted by atomic mass is 10.1. The maximum Gasteiger partial charge on any atom is 0.217 e. The molecule has 1 aromatic carbocycles. The fourth-order valence-corrected chi connectivity index (χ4v) is 2.64. The van der Waals surface area contributed by atoms with Crippen molar-refractivity contribution in [3.8, 4) is 0 Å². The molecule has 2 rings (SSSR count). The lowest BCUT2D eigenvalue weighted by Crippen LogP contribution is -2.35. The lowest BCUT2D eigenvalue weighted by molar-refractivity contribution is -0.119. The van der Waals surface area contributed by atoms with Crippen LogP contribution >= 0.6 is 12.2 Å². The average molecular weight is 295 g/mol. The van der Waals surface area contributed by atoms with Crippen LogP contribution in [-0.2, 0) is 11.3 Å². The minimum Gasteiger partial charge on any atom is -0.389 e. The van der Waals surface area contributed by atoms with Crippen LogP contribution < -0.4 is 11.1 Å². The van der Waals surface area contributed by atoms with E-state index in [1.54, 1.807) is 0 Å². The molecule has 0 aromatic heterocycles. The number of thiocarbonyl (C=S) groups is 1. The fourth-order valence-electron chi connectivity index (χ4n) is 2.52. The summed E-state index contributed by atoms with van der Waals surface area (Å²) in [6.07, 6.45) is 0.914. The van der Waals surface area contributed by atoms with Crippen molar-refractivity contribution in [3.63, 3.8) is 0 Å². The van der Waals surface area contributed by atoms with Gasteiger partial charge in [-0.1, -0.05) is 12.2 Å². The zero-order valence-corrected chi connectivity index (χ0v) is 12.2. The Hall–Kier alpha value is -1.53. The molecule has 1 amide bonds. The van der Waals surface area contributed by atoms with Gasteiger partial charge in [0, 0.05) is 38.2 Å². The Balaban J connectivity index is 2.00. The van der Waals surface area contributed by atoms with Gasteiger partial charge in [-0.15, -0.1) is 0 Å². The summed E-state index contributed by atoms with van der Waals surface area (Å²) in [6.45, 7) is 3.80. The summed E-state index contributed by atoms with van der Waals surface area (Å²) >= 11 is 4.88. The van der Waals surface area contributed by atoms with Crippen LogP contribution in [0.15, 0.2) is 18.2 Å². The van der Waals surface area contributed by atoms with Crippen molar-refractivity contribution < 1.29 is 9.18 Å². The second-order valence-electron chi connectivity index (χ2n) is 5.13. The number of carbonyl (C=O) groups excluding carboxylic acids is 1. The van der Waals surface area contributed by atoms with E-state index < -0.39 is 0 Å². The largest absolute Gasteiger partial charge is 0.389 e. The van der Waals surface area contributed by atoms with Gasteiger partial charge in [-0.2, -0.15) is 0 Å². The Labute approximate surface area is 123 Å². The van der Waals surface area contributed by atoms with E-state index in [-0.39, 0.29) is 22.8 Å². The van der Waals surface area contributed by atoms with Gasteiger partial charge in [0.1, 0.15) is 10.8 Å². The number of amides is 1. The van der Waals surface area contributed by atoms with Crippen LogP contribution in [0.1, 0.15) is 24.5 Å². The summed E-state index contributed by atoms with van der Waals surface area (Å²) < 4.78 is 13.5. The zero-order valence-electron chi connectivity index (χ0n) is 11.4. The second-order valence-corrected chi connectivity index (χ2v) is 5.57. The van der Waals surface area contributed by atoms with E-state index in [9.17, 15) is 9.18 Å². The van der Waals surface area contributed by atoms with E-state index in [4.69, 9.17) is 18.0 Å². The number of hydrogen-bond donors (Lipinski definition) is 2. The van der Waals surface area contributed by atoms with Gasteiger partial charge in [0.05, 0.1) is 0 Å². The highest BCUT2D eigenvalue weighted by atomic mass is 32.1. The monoisotopic (exact) mass is 295 g/mol. The Morgan fingerprint density at radius 2 is 2.30 bits per heavy atom. The minimum atomic E-state index is -0.331. The van der Waals surface area contributed by atoms with E-state index in [0.29, 0.717) is 12.1 Å². The van der Waals surface area contributed by atoms with Gasteiger partial charge in [-0.3, -0.25) is 9.69 Å². The molecule has 3 N–H and O–H groups in total. The van der Waals surface area contributed by atoms with Crippen molar-refractivity contribution in [2.45, 2.75) is 25.9 Å². The minimum absolute atomic E-state index is 0.0154. The number of nitrogens with two attached hydrogens (primary N) is 1. The first-order valence-electron chi connectivity index (χ1n) is 6.53. The first-order chi connectivity index (χ1) is 9.44. The van der Waals surface area contributed by atoms with Crippen LogP contribution in [0, 0.1) is 5.82 Å². The standard InChI is InChI=1S/C14H18FN3OS/c1-9(19)17-13-2-3-18(8-13)7-10-4-11(14(16)20)6-12(15)5-10/h4-6,13H,2-3,7-8H2,1H3,(H2,16,20)(H,17,19). The molecular weight excluding hydrogens is 277 g/mol. The first-order valence-corrected chi connectivity index (χ1v) is 6.93. The number of carbonyl (C=O) groups is 1. The molecule has 1 fully saturated rings. The summed E-state index contributed by atoms with van der Waals surface area (Å²) in [5.74, 6) is -0.346. The number of nitrogens with zero attached hydrogens (tertiary/aromatic N) is 1. The topological polar surface area (TPSA) is 58.4 Å². The third-order valence-corrected chi connectivity index (χ3v) is 3.56. The predicted molar refractivity (Wildman–Crippen MR) is 79.8 cm³/mol. The number of likely N-dealkylation sites (tertiary alicyclic amines) is 1. The highest BCUT2D eigenvalue weighted by Gasteiger charge is 2.23. The Morgan fingerprint density at radius 1 is 1.55 bits per heavy atom. The third-order valence-electron chi connectivity index (χ3n) is 3.33. The maximum absolute atomic E-state index is 13.5. The molecule has 0 bridgehead atoms. The van der Waals surface area contributed by atoms with Gasteiger partial charge in [0.15, 0.2) is 0 Å². The van der Waals surface area contributed by atoms with Gasteiger partial charge >= 0.3 is 0 Å². The Morgan fingerprint density at radius 3 is 2.95 bits per heavy atom. The van der Waals surface area contributed by atoms with Crippen molar-refractivity contribution in [1.29, 1.82) is 0 Å². The highest BCUT2D eigenvalue weighted by Crippen LogP contribution is 2.16. The number of rotatable bonds is 4. The molecule has 108 valence electrons. The number of hydrogen-bond acceptors (Lipinski definition) is 3. The van der Waals surface area contributed by atoms with Gasteiger partial charge in [0.2, 0.25) is 5.91 Å². The van der Waals surface area contributed by atoms with Gasteiger partial charge in [-0.05, 0) is 30.2 Å². The van der Waals surface area contributed by atoms with Crippen molar-refractivity contribution >= 4 is 23.1 Å². The molecule has 4 nitrogen and oxygen atoms in total. The smallest absolute Gasteiger partial charge is 0.217 e. The Bertz CT molecular complexity index is 535. The van der Waals surface area contributed by atoms with Crippen molar-refractivity contribution in [1.82, 2.24) is 10.2 Å². The quantitative estimate of drug-likeness (QED) is 0.819. The van der Waals surface area contributed by atoms with Crippen LogP contribution in [0.25, 0.3) is 0 Å². The average Bonchev–Trinajstić information content (AvgIpc) is 2.74. The van der Waals surface area contributed by atoms with Crippen LogP contribution in [0.3, 0.4) is 0 Å². The molecule has 1 aliphatic rings. The molecule has 20 heavy (non-hydrogen) atoms. The molecule has 1 unspecified atom stereocenters. The van der Waals surface area contributed by atoms with E-state index in [2.05, 4.69) is 10.2 Å². The third kappa shape index (κ3) is 3.98. The molecule has 1 saturated heterocycles. The normalized spacial score (nSPS) is 19.0. The first kappa shape index (κ1) is 14.9. The number of benzene rings is 1. The number of nitrogens with one attached hydrogen (secondary N) is 1. The van der Waals surface area contributed by atoms with E-state index in [1.807, 2.05) is 6.07 Å². The fraction of sp³-hybridized carbons (Fsp3) is 0.429.